The van der Waals surface area contributed by atoms with Crippen molar-refractivity contribution in [3.05, 3.63) is 35.5 Å². The van der Waals surface area contributed by atoms with Gasteiger partial charge in [0.15, 0.2) is 17.5 Å². The highest BCUT2D eigenvalue weighted by atomic mass is 19.2. The molecule has 1 fully saturated rings. The third-order valence-electron chi connectivity index (χ3n) is 3.12. The van der Waals surface area contributed by atoms with Crippen LogP contribution in [0.1, 0.15) is 18.7 Å². The van der Waals surface area contributed by atoms with Gasteiger partial charge < -0.3 is 9.84 Å². The standard InChI is InChI=1S/C13H12F3N3O/c14-9-3-8(4-10(15)12(9)16)13-18-11(20-19-13)6-17-5-7-1-2-7/h3-4,7,17H,1-2,5-6H2. The van der Waals surface area contributed by atoms with Gasteiger partial charge in [0.1, 0.15) is 0 Å². The van der Waals surface area contributed by atoms with Crippen molar-refractivity contribution in [2.24, 2.45) is 5.92 Å². The van der Waals surface area contributed by atoms with Gasteiger partial charge in [-0.15, -0.1) is 0 Å². The second kappa shape index (κ2) is 5.24. The Morgan fingerprint density at radius 3 is 2.55 bits per heavy atom. The van der Waals surface area contributed by atoms with Crippen LogP contribution in [0.3, 0.4) is 0 Å². The van der Waals surface area contributed by atoms with E-state index in [2.05, 4.69) is 15.5 Å². The van der Waals surface area contributed by atoms with Crippen LogP contribution in [0.5, 0.6) is 0 Å². The summed E-state index contributed by atoms with van der Waals surface area (Å²) in [5.74, 6) is -2.99. The van der Waals surface area contributed by atoms with E-state index in [-0.39, 0.29) is 11.4 Å². The Bertz CT molecular complexity index is 602. The van der Waals surface area contributed by atoms with E-state index >= 15 is 0 Å². The van der Waals surface area contributed by atoms with Crippen LogP contribution in [0.2, 0.25) is 0 Å². The zero-order valence-electron chi connectivity index (χ0n) is 10.5. The fraction of sp³-hybridized carbons (Fsp3) is 0.385. The highest BCUT2D eigenvalue weighted by Gasteiger charge is 2.21. The molecule has 0 aliphatic heterocycles. The molecule has 4 nitrogen and oxygen atoms in total. The molecule has 0 atom stereocenters. The molecule has 1 aliphatic carbocycles. The number of nitrogens with zero attached hydrogens (tertiary/aromatic N) is 2. The number of nitrogens with one attached hydrogen (secondary N) is 1. The van der Waals surface area contributed by atoms with Gasteiger partial charge >= 0.3 is 0 Å². The van der Waals surface area contributed by atoms with Gasteiger partial charge in [0, 0.05) is 5.56 Å². The lowest BCUT2D eigenvalue weighted by molar-refractivity contribution is 0.367. The molecule has 0 spiro atoms. The second-order valence-electron chi connectivity index (χ2n) is 4.84. The summed E-state index contributed by atoms with van der Waals surface area (Å²) in [4.78, 5) is 4.01. The number of rotatable bonds is 5. The Balaban J connectivity index is 1.71. The number of halogens is 3. The molecule has 2 aromatic rings. The first-order valence-electron chi connectivity index (χ1n) is 6.31. The SMILES string of the molecule is Fc1cc(-c2noc(CNCC3CC3)n2)cc(F)c1F. The van der Waals surface area contributed by atoms with Crippen molar-refractivity contribution in [3.63, 3.8) is 0 Å². The first-order chi connectivity index (χ1) is 9.63. The molecule has 7 heteroatoms. The van der Waals surface area contributed by atoms with Gasteiger partial charge in [0.2, 0.25) is 11.7 Å². The molecule has 1 N–H and O–H groups in total. The molecule has 0 saturated heterocycles. The molecule has 20 heavy (non-hydrogen) atoms. The largest absolute Gasteiger partial charge is 0.338 e. The second-order valence-corrected chi connectivity index (χ2v) is 4.84. The fourth-order valence-electron chi connectivity index (χ4n) is 1.83. The number of hydrogen-bond acceptors (Lipinski definition) is 4. The maximum absolute atomic E-state index is 13.1. The molecule has 1 aliphatic rings. The average Bonchev–Trinajstić information content (AvgIpc) is 3.12. The monoisotopic (exact) mass is 283 g/mol. The van der Waals surface area contributed by atoms with Crippen molar-refractivity contribution in [2.75, 3.05) is 6.54 Å². The average molecular weight is 283 g/mol. The molecule has 0 radical (unpaired) electrons. The van der Waals surface area contributed by atoms with Crippen LogP contribution in [0.15, 0.2) is 16.7 Å². The Morgan fingerprint density at radius 2 is 1.90 bits per heavy atom. The van der Waals surface area contributed by atoms with Gasteiger partial charge in [-0.1, -0.05) is 5.16 Å². The Labute approximate surface area is 113 Å². The summed E-state index contributed by atoms with van der Waals surface area (Å²) in [5.41, 5.74) is 0.0404. The summed E-state index contributed by atoms with van der Waals surface area (Å²) in [5, 5.41) is 6.79. The van der Waals surface area contributed by atoms with Gasteiger partial charge in [-0.3, -0.25) is 0 Å². The minimum absolute atomic E-state index is 0.0334. The Morgan fingerprint density at radius 1 is 1.20 bits per heavy atom. The van der Waals surface area contributed by atoms with Crippen LogP contribution in [-0.2, 0) is 6.54 Å². The molecular weight excluding hydrogens is 271 g/mol. The predicted octanol–water partition coefficient (Wildman–Crippen LogP) is 2.65. The lowest BCUT2D eigenvalue weighted by atomic mass is 10.2. The van der Waals surface area contributed by atoms with Crippen LogP contribution < -0.4 is 5.32 Å². The molecule has 1 heterocycles. The third kappa shape index (κ3) is 2.82. The van der Waals surface area contributed by atoms with Crippen LogP contribution in [0.4, 0.5) is 13.2 Å². The van der Waals surface area contributed by atoms with Crippen molar-refractivity contribution < 1.29 is 17.7 Å². The number of aromatic nitrogens is 2. The van der Waals surface area contributed by atoms with E-state index in [1.807, 2.05) is 0 Å². The first-order valence-corrected chi connectivity index (χ1v) is 6.31. The lowest BCUT2D eigenvalue weighted by Gasteiger charge is -1.98. The van der Waals surface area contributed by atoms with E-state index in [1.165, 1.54) is 12.8 Å². The number of hydrogen-bond donors (Lipinski definition) is 1. The van der Waals surface area contributed by atoms with Crippen molar-refractivity contribution in [1.29, 1.82) is 0 Å². The minimum Gasteiger partial charge on any atom is -0.338 e. The first kappa shape index (κ1) is 13.1. The van der Waals surface area contributed by atoms with Crippen molar-refractivity contribution in [1.82, 2.24) is 15.5 Å². The zero-order valence-corrected chi connectivity index (χ0v) is 10.5. The molecule has 1 aromatic heterocycles. The highest BCUT2D eigenvalue weighted by Crippen LogP contribution is 2.27. The van der Waals surface area contributed by atoms with E-state index in [4.69, 9.17) is 4.52 Å². The van der Waals surface area contributed by atoms with E-state index in [0.29, 0.717) is 12.4 Å². The van der Waals surface area contributed by atoms with Crippen LogP contribution >= 0.6 is 0 Å². The van der Waals surface area contributed by atoms with E-state index in [0.717, 1.165) is 24.6 Å². The van der Waals surface area contributed by atoms with Gasteiger partial charge in [0.05, 0.1) is 6.54 Å². The summed E-state index contributed by atoms with van der Waals surface area (Å²) in [6.07, 6.45) is 2.46. The van der Waals surface area contributed by atoms with Crippen LogP contribution in [0, 0.1) is 23.4 Å². The molecule has 0 unspecified atom stereocenters. The van der Waals surface area contributed by atoms with Gasteiger partial charge in [-0.2, -0.15) is 4.98 Å². The number of benzene rings is 1. The molecule has 1 aromatic carbocycles. The summed E-state index contributed by atoms with van der Waals surface area (Å²) < 4.78 is 44.1. The van der Waals surface area contributed by atoms with Crippen LogP contribution in [-0.4, -0.2) is 16.7 Å². The van der Waals surface area contributed by atoms with Crippen molar-refractivity contribution in [2.45, 2.75) is 19.4 Å². The fourth-order valence-corrected chi connectivity index (χ4v) is 1.83. The van der Waals surface area contributed by atoms with Gasteiger partial charge in [0.25, 0.3) is 0 Å². The quantitative estimate of drug-likeness (QED) is 0.857. The maximum Gasteiger partial charge on any atom is 0.240 e. The van der Waals surface area contributed by atoms with Crippen molar-refractivity contribution in [3.8, 4) is 11.4 Å². The molecule has 106 valence electrons. The topological polar surface area (TPSA) is 51.0 Å². The summed E-state index contributed by atoms with van der Waals surface area (Å²) in [6.45, 7) is 1.28. The van der Waals surface area contributed by atoms with E-state index in [9.17, 15) is 13.2 Å². The Hall–Kier alpha value is -1.89. The van der Waals surface area contributed by atoms with Crippen LogP contribution in [0.25, 0.3) is 11.4 Å². The normalized spacial score (nSPS) is 14.8. The maximum atomic E-state index is 13.1. The van der Waals surface area contributed by atoms with Gasteiger partial charge in [-0.25, -0.2) is 13.2 Å². The molecule has 0 bridgehead atoms. The Kier molecular flexibility index (Phi) is 3.43. The molecule has 1 saturated carbocycles. The molecule has 0 amide bonds. The molecule has 3 rings (SSSR count). The summed E-state index contributed by atoms with van der Waals surface area (Å²) in [6, 6.07) is 1.68. The third-order valence-corrected chi connectivity index (χ3v) is 3.12. The van der Waals surface area contributed by atoms with Gasteiger partial charge in [-0.05, 0) is 37.4 Å². The van der Waals surface area contributed by atoms with E-state index < -0.39 is 17.5 Å². The predicted molar refractivity (Wildman–Crippen MR) is 64.0 cm³/mol. The summed E-state index contributed by atoms with van der Waals surface area (Å²) in [7, 11) is 0. The lowest BCUT2D eigenvalue weighted by Crippen LogP contribution is -2.16. The molecular formula is C13H12F3N3O. The van der Waals surface area contributed by atoms with Crippen molar-refractivity contribution >= 4 is 0 Å². The zero-order chi connectivity index (χ0) is 14.1. The minimum atomic E-state index is -1.51. The van der Waals surface area contributed by atoms with E-state index in [1.54, 1.807) is 0 Å². The summed E-state index contributed by atoms with van der Waals surface area (Å²) >= 11 is 0. The highest BCUT2D eigenvalue weighted by molar-refractivity contribution is 5.54. The smallest absolute Gasteiger partial charge is 0.240 e.